The van der Waals surface area contributed by atoms with Gasteiger partial charge in [-0.1, -0.05) is 53.7 Å². The average molecular weight is 502 g/mol. The molecular formula is C28H24ClN3O2S. The molecule has 1 unspecified atom stereocenters. The van der Waals surface area contributed by atoms with E-state index in [1.807, 2.05) is 75.4 Å². The van der Waals surface area contributed by atoms with Gasteiger partial charge in [-0.15, -0.1) is 0 Å². The lowest BCUT2D eigenvalue weighted by Crippen LogP contribution is -2.31. The third-order valence-corrected chi connectivity index (χ3v) is 7.34. The molecule has 2 amide bonds. The second kappa shape index (κ2) is 10.4. The fraction of sp³-hybridized carbons (Fsp3) is 0.179. The number of nitriles is 1. The third kappa shape index (κ3) is 5.43. The topological polar surface area (TPSA) is 73.2 Å². The number of carbonyl (C=O) groups excluding carboxylic acids is 2. The molecule has 0 bridgehead atoms. The zero-order valence-electron chi connectivity index (χ0n) is 19.6. The summed E-state index contributed by atoms with van der Waals surface area (Å²) in [4.78, 5) is 28.3. The molecule has 0 radical (unpaired) electrons. The molecule has 0 aromatic heterocycles. The Hall–Kier alpha value is -3.53. The lowest BCUT2D eigenvalue weighted by Gasteiger charge is -2.20. The largest absolute Gasteiger partial charge is 0.321 e. The van der Waals surface area contributed by atoms with Gasteiger partial charge in [-0.25, -0.2) is 0 Å². The molecule has 0 aliphatic carbocycles. The highest BCUT2D eigenvalue weighted by molar-refractivity contribution is 8.05. The molecule has 3 aromatic rings. The molecule has 0 spiro atoms. The Morgan fingerprint density at radius 3 is 2.51 bits per heavy atom. The zero-order valence-corrected chi connectivity index (χ0v) is 21.2. The monoisotopic (exact) mass is 501 g/mol. The summed E-state index contributed by atoms with van der Waals surface area (Å²) in [6.07, 6.45) is 0.424. The van der Waals surface area contributed by atoms with Gasteiger partial charge < -0.3 is 5.32 Å². The summed E-state index contributed by atoms with van der Waals surface area (Å²) in [5, 5.41) is 13.2. The maximum absolute atomic E-state index is 13.6. The van der Waals surface area contributed by atoms with Crippen LogP contribution in [0.4, 0.5) is 11.4 Å². The molecule has 176 valence electrons. The molecule has 1 saturated heterocycles. The van der Waals surface area contributed by atoms with Gasteiger partial charge in [-0.3, -0.25) is 14.5 Å². The number of nitrogens with one attached hydrogen (secondary N) is 1. The van der Waals surface area contributed by atoms with E-state index in [9.17, 15) is 14.9 Å². The van der Waals surface area contributed by atoms with Crippen molar-refractivity contribution >= 4 is 46.6 Å². The van der Waals surface area contributed by atoms with Gasteiger partial charge in [0.2, 0.25) is 5.91 Å². The molecule has 1 N–H and O–H groups in total. The minimum absolute atomic E-state index is 0.100. The standard InChI is InChI=1S/C28H24ClN3O2S/c1-17-6-4-9-22(12-17)31-26(33)24(16-30)28-32(23-11-10-18(2)19(3)13-23)27(34)25(35-28)15-20-7-5-8-21(29)14-20/h4-14,25H,15H2,1-3H3,(H,31,33)/b28-24-. The second-order valence-corrected chi connectivity index (χ2v) is 10.1. The number of anilines is 2. The van der Waals surface area contributed by atoms with E-state index in [0.717, 1.165) is 22.3 Å². The van der Waals surface area contributed by atoms with Crippen molar-refractivity contribution in [1.29, 1.82) is 5.26 Å². The normalized spacial score (nSPS) is 16.7. The maximum Gasteiger partial charge on any atom is 0.269 e. The first kappa shape index (κ1) is 24.6. The van der Waals surface area contributed by atoms with Crippen LogP contribution in [0, 0.1) is 32.1 Å². The number of amides is 2. The van der Waals surface area contributed by atoms with Crippen molar-refractivity contribution in [3.8, 4) is 6.07 Å². The zero-order chi connectivity index (χ0) is 25.1. The number of nitrogens with zero attached hydrogens (tertiary/aromatic N) is 2. The Bertz CT molecular complexity index is 1390. The quantitative estimate of drug-likeness (QED) is 0.327. The minimum atomic E-state index is -0.550. The van der Waals surface area contributed by atoms with Crippen molar-refractivity contribution in [3.63, 3.8) is 0 Å². The number of rotatable bonds is 5. The highest BCUT2D eigenvalue weighted by Crippen LogP contribution is 2.42. The summed E-state index contributed by atoms with van der Waals surface area (Å²) in [6, 6.07) is 22.4. The fourth-order valence-corrected chi connectivity index (χ4v) is 5.40. The maximum atomic E-state index is 13.6. The molecule has 5 nitrogen and oxygen atoms in total. The molecular weight excluding hydrogens is 478 g/mol. The number of carbonyl (C=O) groups is 2. The highest BCUT2D eigenvalue weighted by Gasteiger charge is 2.41. The van der Waals surface area contributed by atoms with Gasteiger partial charge in [-0.05, 0) is 85.8 Å². The summed E-state index contributed by atoms with van der Waals surface area (Å²) in [5.74, 6) is -0.727. The Morgan fingerprint density at radius 1 is 1.06 bits per heavy atom. The molecule has 1 fully saturated rings. The van der Waals surface area contributed by atoms with E-state index in [4.69, 9.17) is 11.6 Å². The molecule has 1 aliphatic rings. The number of thioether (sulfide) groups is 1. The van der Waals surface area contributed by atoms with Gasteiger partial charge in [0.25, 0.3) is 5.91 Å². The van der Waals surface area contributed by atoms with E-state index < -0.39 is 11.2 Å². The van der Waals surface area contributed by atoms with Gasteiger partial charge in [0.05, 0.1) is 5.25 Å². The smallest absolute Gasteiger partial charge is 0.269 e. The van der Waals surface area contributed by atoms with Crippen LogP contribution in [0.5, 0.6) is 0 Å². The summed E-state index contributed by atoms with van der Waals surface area (Å²) in [7, 11) is 0. The Labute approximate surface area is 214 Å². The van der Waals surface area contributed by atoms with Crippen LogP contribution in [0.25, 0.3) is 0 Å². The van der Waals surface area contributed by atoms with Crippen molar-refractivity contribution in [2.45, 2.75) is 32.4 Å². The van der Waals surface area contributed by atoms with Crippen LogP contribution >= 0.6 is 23.4 Å². The Morgan fingerprint density at radius 2 is 1.83 bits per heavy atom. The van der Waals surface area contributed by atoms with E-state index >= 15 is 0 Å². The summed E-state index contributed by atoms with van der Waals surface area (Å²) in [5.41, 5.74) is 5.12. The Balaban J connectivity index is 1.75. The lowest BCUT2D eigenvalue weighted by atomic mass is 10.1. The number of aryl methyl sites for hydroxylation is 3. The van der Waals surface area contributed by atoms with Gasteiger partial charge in [0, 0.05) is 16.4 Å². The van der Waals surface area contributed by atoms with Crippen molar-refractivity contribution in [2.24, 2.45) is 0 Å². The van der Waals surface area contributed by atoms with Crippen LogP contribution in [0.15, 0.2) is 77.3 Å². The van der Waals surface area contributed by atoms with Crippen LogP contribution in [0.2, 0.25) is 5.02 Å². The van der Waals surface area contributed by atoms with Gasteiger partial charge in [0.15, 0.2) is 0 Å². The van der Waals surface area contributed by atoms with Crippen molar-refractivity contribution in [1.82, 2.24) is 0 Å². The molecule has 4 rings (SSSR count). The third-order valence-electron chi connectivity index (χ3n) is 5.84. The first-order valence-electron chi connectivity index (χ1n) is 11.1. The van der Waals surface area contributed by atoms with Crippen molar-refractivity contribution < 1.29 is 9.59 Å². The fourth-order valence-electron chi connectivity index (χ4n) is 3.88. The second-order valence-electron chi connectivity index (χ2n) is 8.50. The van der Waals surface area contributed by atoms with E-state index in [1.54, 1.807) is 12.1 Å². The molecule has 1 atom stereocenters. The minimum Gasteiger partial charge on any atom is -0.321 e. The molecule has 1 heterocycles. The van der Waals surface area contributed by atoms with Crippen molar-refractivity contribution in [2.75, 3.05) is 10.2 Å². The number of halogens is 1. The van der Waals surface area contributed by atoms with Gasteiger partial charge >= 0.3 is 0 Å². The van der Waals surface area contributed by atoms with Gasteiger partial charge in [-0.2, -0.15) is 5.26 Å². The van der Waals surface area contributed by atoms with Gasteiger partial charge in [0.1, 0.15) is 16.7 Å². The average Bonchev–Trinajstić information content (AvgIpc) is 3.11. The molecule has 1 aliphatic heterocycles. The molecule has 3 aromatic carbocycles. The summed E-state index contributed by atoms with van der Waals surface area (Å²) in [6.45, 7) is 5.89. The molecule has 7 heteroatoms. The van der Waals surface area contributed by atoms with E-state index in [0.29, 0.717) is 27.8 Å². The van der Waals surface area contributed by atoms with Crippen LogP contribution in [-0.4, -0.2) is 17.1 Å². The number of hydrogen-bond acceptors (Lipinski definition) is 4. The number of benzene rings is 3. The first-order valence-corrected chi connectivity index (χ1v) is 12.4. The SMILES string of the molecule is Cc1cccc(NC(=O)/C(C#N)=C2\SC(Cc3cccc(Cl)c3)C(=O)N2c2ccc(C)c(C)c2)c1. The molecule has 0 saturated carbocycles. The highest BCUT2D eigenvalue weighted by atomic mass is 35.5. The van der Waals surface area contributed by atoms with Crippen LogP contribution in [-0.2, 0) is 16.0 Å². The Kier molecular flexibility index (Phi) is 7.30. The van der Waals surface area contributed by atoms with E-state index in [1.165, 1.54) is 16.7 Å². The predicted molar refractivity (Wildman–Crippen MR) is 142 cm³/mol. The first-order chi connectivity index (χ1) is 16.8. The number of hydrogen-bond donors (Lipinski definition) is 1. The van der Waals surface area contributed by atoms with E-state index in [-0.39, 0.29) is 11.5 Å². The van der Waals surface area contributed by atoms with Crippen LogP contribution in [0.3, 0.4) is 0 Å². The molecule has 35 heavy (non-hydrogen) atoms. The lowest BCUT2D eigenvalue weighted by molar-refractivity contribution is -0.117. The van der Waals surface area contributed by atoms with Crippen LogP contribution < -0.4 is 10.2 Å². The van der Waals surface area contributed by atoms with Crippen LogP contribution in [0.1, 0.15) is 22.3 Å². The predicted octanol–water partition coefficient (Wildman–Crippen LogP) is 6.33. The van der Waals surface area contributed by atoms with Crippen molar-refractivity contribution in [3.05, 3.63) is 105 Å². The summed E-state index contributed by atoms with van der Waals surface area (Å²) >= 11 is 7.38. The summed E-state index contributed by atoms with van der Waals surface area (Å²) < 4.78 is 0. The van der Waals surface area contributed by atoms with E-state index in [2.05, 4.69) is 11.4 Å².